The molecule has 9 nitrogen and oxygen atoms in total. The molecule has 0 aliphatic rings. The van der Waals surface area contributed by atoms with Gasteiger partial charge in [-0.3, -0.25) is 4.79 Å². The Balaban J connectivity index is 2.50. The number of carboxylic acids is 1. The van der Waals surface area contributed by atoms with Gasteiger partial charge in [0.25, 0.3) is 0 Å². The second-order valence-corrected chi connectivity index (χ2v) is 6.75. The minimum atomic E-state index is -3.72. The van der Waals surface area contributed by atoms with Gasteiger partial charge in [-0.05, 0) is 0 Å². The van der Waals surface area contributed by atoms with Crippen LogP contribution in [0.3, 0.4) is 0 Å². The van der Waals surface area contributed by atoms with Crippen LogP contribution in [0, 0.1) is 0 Å². The number of hydrogen-bond acceptors (Lipinski definition) is 8. The third kappa shape index (κ3) is 6.68. The van der Waals surface area contributed by atoms with E-state index in [1.807, 2.05) is 0 Å². The smallest absolute Gasteiger partial charge is 0.313 e. The second kappa shape index (κ2) is 7.59. The van der Waals surface area contributed by atoms with Crippen LogP contribution in [0.2, 0.25) is 0 Å². The lowest BCUT2D eigenvalue weighted by molar-refractivity contribution is -0.133. The Morgan fingerprint density at radius 2 is 2.26 bits per heavy atom. The van der Waals surface area contributed by atoms with E-state index < -0.39 is 16.2 Å². The van der Waals surface area contributed by atoms with Gasteiger partial charge < -0.3 is 9.84 Å². The lowest BCUT2D eigenvalue weighted by atomic mass is 10.7. The fraction of sp³-hybridized carbons (Fsp3) is 0.571. The number of ether oxygens (including phenoxy) is 1. The summed E-state index contributed by atoms with van der Waals surface area (Å²) in [7, 11) is -2.27. The van der Waals surface area contributed by atoms with Gasteiger partial charge in [0.1, 0.15) is 0 Å². The molecule has 0 unspecified atom stereocenters. The number of nitrogens with one attached hydrogen (secondary N) is 2. The van der Waals surface area contributed by atoms with Crippen molar-refractivity contribution < 1.29 is 23.1 Å². The molecule has 0 fully saturated rings. The predicted molar refractivity (Wildman–Crippen MR) is 70.7 cm³/mol. The summed E-state index contributed by atoms with van der Waals surface area (Å²) in [6.45, 7) is 0.377. The first-order chi connectivity index (χ1) is 8.93. The van der Waals surface area contributed by atoms with E-state index in [1.165, 1.54) is 7.11 Å². The molecule has 0 saturated carbocycles. The molecule has 19 heavy (non-hydrogen) atoms. The molecule has 12 heteroatoms. The summed E-state index contributed by atoms with van der Waals surface area (Å²) in [6.07, 6.45) is 0. The number of thioether (sulfide) groups is 1. The summed E-state index contributed by atoms with van der Waals surface area (Å²) in [5.74, 6) is -1.14. The molecule has 1 rings (SSSR count). The molecule has 1 heterocycles. The first-order valence-electron chi connectivity index (χ1n) is 4.87. The molecule has 0 aliphatic heterocycles. The van der Waals surface area contributed by atoms with E-state index in [1.54, 1.807) is 0 Å². The fourth-order valence-corrected chi connectivity index (χ4v) is 3.38. The number of anilines is 1. The number of hydrogen-bond donors (Lipinski definition) is 3. The van der Waals surface area contributed by atoms with E-state index in [2.05, 4.69) is 19.6 Å². The van der Waals surface area contributed by atoms with Crippen LogP contribution in [0.4, 0.5) is 5.13 Å². The number of aromatic nitrogens is 2. The molecular weight excluding hydrogens is 316 g/mol. The Bertz CT molecular complexity index is 517. The van der Waals surface area contributed by atoms with Crippen molar-refractivity contribution in [3.8, 4) is 0 Å². The first-order valence-corrected chi connectivity index (χ1v) is 8.16. The quantitative estimate of drug-likeness (QED) is 0.412. The summed E-state index contributed by atoms with van der Waals surface area (Å²) >= 11 is 1.92. The van der Waals surface area contributed by atoms with Crippen molar-refractivity contribution in [1.82, 2.24) is 14.9 Å². The maximum absolute atomic E-state index is 11.5. The molecule has 0 radical (unpaired) electrons. The van der Waals surface area contributed by atoms with Gasteiger partial charge in [0.15, 0.2) is 4.34 Å². The van der Waals surface area contributed by atoms with Crippen LogP contribution in [-0.4, -0.2) is 55.7 Å². The van der Waals surface area contributed by atoms with Gasteiger partial charge in [-0.25, -0.2) is 4.72 Å². The molecule has 0 aliphatic carbocycles. The third-order valence-corrected chi connectivity index (χ3v) is 4.68. The Labute approximate surface area is 117 Å². The highest BCUT2D eigenvalue weighted by molar-refractivity contribution is 8.01. The number of methoxy groups -OCH3 is 1. The van der Waals surface area contributed by atoms with Crippen LogP contribution in [0.5, 0.6) is 0 Å². The van der Waals surface area contributed by atoms with Gasteiger partial charge in [-0.1, -0.05) is 23.1 Å². The Morgan fingerprint density at radius 1 is 1.53 bits per heavy atom. The first kappa shape index (κ1) is 16.1. The van der Waals surface area contributed by atoms with Crippen LogP contribution >= 0.6 is 23.1 Å². The van der Waals surface area contributed by atoms with Gasteiger partial charge in [-0.2, -0.15) is 13.1 Å². The molecule has 108 valence electrons. The average molecular weight is 328 g/mol. The van der Waals surface area contributed by atoms with E-state index in [0.717, 1.165) is 23.1 Å². The van der Waals surface area contributed by atoms with Gasteiger partial charge >= 0.3 is 16.2 Å². The molecule has 0 atom stereocenters. The molecule has 3 N–H and O–H groups in total. The summed E-state index contributed by atoms with van der Waals surface area (Å²) in [6, 6.07) is 0. The minimum Gasteiger partial charge on any atom is -0.481 e. The van der Waals surface area contributed by atoms with Gasteiger partial charge in [0.2, 0.25) is 5.13 Å². The highest BCUT2D eigenvalue weighted by Gasteiger charge is 2.13. The molecule has 0 spiro atoms. The van der Waals surface area contributed by atoms with Crippen LogP contribution in [-0.2, 0) is 19.7 Å². The van der Waals surface area contributed by atoms with Crippen LogP contribution < -0.4 is 9.44 Å². The van der Waals surface area contributed by atoms with Crippen molar-refractivity contribution in [1.29, 1.82) is 0 Å². The SMILES string of the molecule is COCCNS(=O)(=O)Nc1nnc(SCC(=O)O)s1. The Hall–Kier alpha value is -0.950. The lowest BCUT2D eigenvalue weighted by Gasteiger charge is -2.05. The normalized spacial score (nSPS) is 11.4. The van der Waals surface area contributed by atoms with Crippen molar-refractivity contribution in [3.05, 3.63) is 0 Å². The number of carboxylic acid groups (broad SMARTS) is 1. The average Bonchev–Trinajstić information content (AvgIpc) is 2.73. The van der Waals surface area contributed by atoms with Crippen molar-refractivity contribution in [2.24, 2.45) is 0 Å². The number of aliphatic carboxylic acids is 1. The van der Waals surface area contributed by atoms with Crippen molar-refractivity contribution >= 4 is 44.4 Å². The third-order valence-electron chi connectivity index (χ3n) is 1.55. The fourth-order valence-electron chi connectivity index (χ4n) is 0.862. The maximum atomic E-state index is 11.5. The van der Waals surface area contributed by atoms with Crippen molar-refractivity contribution in [2.45, 2.75) is 4.34 Å². The van der Waals surface area contributed by atoms with Gasteiger partial charge in [0.05, 0.1) is 12.4 Å². The molecule has 0 bridgehead atoms. The monoisotopic (exact) mass is 328 g/mol. The van der Waals surface area contributed by atoms with Crippen molar-refractivity contribution in [3.63, 3.8) is 0 Å². The second-order valence-electron chi connectivity index (χ2n) is 3.05. The summed E-state index contributed by atoms with van der Waals surface area (Å²) in [4.78, 5) is 10.4. The molecule has 1 aromatic heterocycles. The van der Waals surface area contributed by atoms with E-state index in [9.17, 15) is 13.2 Å². The summed E-state index contributed by atoms with van der Waals surface area (Å²) < 4.78 is 32.5. The summed E-state index contributed by atoms with van der Waals surface area (Å²) in [5, 5.41) is 15.8. The topological polar surface area (TPSA) is 131 Å². The van der Waals surface area contributed by atoms with Crippen LogP contribution in [0.25, 0.3) is 0 Å². The maximum Gasteiger partial charge on any atom is 0.313 e. The highest BCUT2D eigenvalue weighted by atomic mass is 32.2. The van der Waals surface area contributed by atoms with Gasteiger partial charge in [-0.15, -0.1) is 10.2 Å². The van der Waals surface area contributed by atoms with Crippen molar-refractivity contribution in [2.75, 3.05) is 30.7 Å². The zero-order valence-corrected chi connectivity index (χ0v) is 12.3. The highest BCUT2D eigenvalue weighted by Crippen LogP contribution is 2.25. The Morgan fingerprint density at radius 3 is 2.89 bits per heavy atom. The van der Waals surface area contributed by atoms with Crippen LogP contribution in [0.15, 0.2) is 4.34 Å². The lowest BCUT2D eigenvalue weighted by Crippen LogP contribution is -2.32. The molecular formula is C7H12N4O5S3. The standard InChI is InChI=1S/C7H12N4O5S3/c1-16-3-2-8-19(14,15)11-6-9-10-7(18-6)17-4-5(12)13/h8H,2-4H2,1H3,(H,9,11)(H,12,13). The van der Waals surface area contributed by atoms with E-state index in [0.29, 0.717) is 4.34 Å². The van der Waals surface area contributed by atoms with Gasteiger partial charge in [0, 0.05) is 13.7 Å². The molecule has 0 amide bonds. The van der Waals surface area contributed by atoms with Crippen LogP contribution in [0.1, 0.15) is 0 Å². The zero-order chi connectivity index (χ0) is 14.3. The molecule has 0 aromatic carbocycles. The predicted octanol–water partition coefficient (Wildman–Crippen LogP) is -0.393. The Kier molecular flexibility index (Phi) is 6.44. The molecule has 0 saturated heterocycles. The summed E-state index contributed by atoms with van der Waals surface area (Å²) in [5.41, 5.74) is 0. The number of carbonyl (C=O) groups is 1. The van der Waals surface area contributed by atoms with E-state index in [-0.39, 0.29) is 24.0 Å². The largest absolute Gasteiger partial charge is 0.481 e. The number of rotatable bonds is 9. The van der Waals surface area contributed by atoms with E-state index in [4.69, 9.17) is 9.84 Å². The zero-order valence-electron chi connectivity index (χ0n) is 9.82. The molecule has 1 aromatic rings. The number of nitrogens with zero attached hydrogens (tertiary/aromatic N) is 2. The minimum absolute atomic E-state index is 0.0674. The van der Waals surface area contributed by atoms with E-state index >= 15 is 0 Å².